The lowest BCUT2D eigenvalue weighted by Crippen LogP contribution is -2.40. The fourth-order valence-corrected chi connectivity index (χ4v) is 2.95. The normalized spacial score (nSPS) is 23.7. The fraction of sp³-hybridized carbons (Fsp3) is 0.462. The van der Waals surface area contributed by atoms with Crippen molar-refractivity contribution in [2.75, 3.05) is 0 Å². The van der Waals surface area contributed by atoms with Crippen LogP contribution in [0.4, 0.5) is 4.39 Å². The molecule has 0 bridgehead atoms. The maximum atomic E-state index is 13.0. The molecule has 5 heteroatoms. The molecule has 2 rings (SSSR count). The quantitative estimate of drug-likeness (QED) is 0.794. The van der Waals surface area contributed by atoms with Gasteiger partial charge in [0, 0.05) is 9.61 Å². The van der Waals surface area contributed by atoms with Gasteiger partial charge in [-0.1, -0.05) is 0 Å². The molecule has 2 N–H and O–H groups in total. The van der Waals surface area contributed by atoms with Gasteiger partial charge in [-0.2, -0.15) is 0 Å². The summed E-state index contributed by atoms with van der Waals surface area (Å²) in [6.07, 6.45) is 2.90. The van der Waals surface area contributed by atoms with Crippen LogP contribution in [0.15, 0.2) is 18.2 Å². The zero-order valence-electron chi connectivity index (χ0n) is 9.83. The van der Waals surface area contributed by atoms with Crippen LogP contribution in [0.2, 0.25) is 0 Å². The first-order valence-electron chi connectivity index (χ1n) is 6.00. The topological polar surface area (TPSA) is 49.3 Å². The summed E-state index contributed by atoms with van der Waals surface area (Å²) < 4.78 is 13.5. The molecule has 1 aromatic carbocycles. The highest BCUT2D eigenvalue weighted by atomic mass is 127. The number of halogens is 2. The molecule has 3 nitrogen and oxygen atoms in total. The van der Waals surface area contributed by atoms with Crippen molar-refractivity contribution in [3.63, 3.8) is 0 Å². The van der Waals surface area contributed by atoms with Crippen molar-refractivity contribution in [1.29, 1.82) is 0 Å². The van der Waals surface area contributed by atoms with Gasteiger partial charge in [-0.25, -0.2) is 4.39 Å². The van der Waals surface area contributed by atoms with Gasteiger partial charge in [0.1, 0.15) is 5.82 Å². The Morgan fingerprint density at radius 2 is 2.22 bits per heavy atom. The van der Waals surface area contributed by atoms with E-state index in [2.05, 4.69) is 5.32 Å². The molecule has 0 saturated heterocycles. The summed E-state index contributed by atoms with van der Waals surface area (Å²) in [5.74, 6) is -0.539. The first kappa shape index (κ1) is 13.7. The lowest BCUT2D eigenvalue weighted by Gasteiger charge is -2.26. The van der Waals surface area contributed by atoms with Gasteiger partial charge in [-0.3, -0.25) is 4.79 Å². The number of aliphatic hydroxyl groups is 1. The van der Waals surface area contributed by atoms with Gasteiger partial charge in [-0.15, -0.1) is 0 Å². The smallest absolute Gasteiger partial charge is 0.252 e. The minimum absolute atomic E-state index is 0.0158. The molecule has 1 fully saturated rings. The second-order valence-electron chi connectivity index (χ2n) is 4.61. The van der Waals surface area contributed by atoms with Gasteiger partial charge in [0.25, 0.3) is 5.91 Å². The molecule has 0 spiro atoms. The van der Waals surface area contributed by atoms with E-state index in [0.29, 0.717) is 15.6 Å². The summed E-state index contributed by atoms with van der Waals surface area (Å²) in [4.78, 5) is 12.0. The Balaban J connectivity index is 2.03. The van der Waals surface area contributed by atoms with Crippen LogP contribution >= 0.6 is 22.6 Å². The van der Waals surface area contributed by atoms with Crippen LogP contribution in [0.25, 0.3) is 0 Å². The van der Waals surface area contributed by atoms with Crippen molar-refractivity contribution < 1.29 is 14.3 Å². The van der Waals surface area contributed by atoms with E-state index in [1.165, 1.54) is 18.2 Å². The Labute approximate surface area is 119 Å². The standard InChI is InChI=1S/C13H15FINO2/c14-8-4-5-11(12(15)6-8)13(18)16-9-2-1-3-10(17)7-9/h4-6,9-10,17H,1-3,7H2,(H,16,18). The van der Waals surface area contributed by atoms with Crippen LogP contribution in [-0.4, -0.2) is 23.2 Å². The first-order valence-corrected chi connectivity index (χ1v) is 7.08. The van der Waals surface area contributed by atoms with E-state index in [1.807, 2.05) is 22.6 Å². The number of nitrogens with one attached hydrogen (secondary N) is 1. The van der Waals surface area contributed by atoms with Crippen molar-refractivity contribution in [3.05, 3.63) is 33.1 Å². The van der Waals surface area contributed by atoms with Gasteiger partial charge >= 0.3 is 0 Å². The lowest BCUT2D eigenvalue weighted by molar-refractivity contribution is 0.0849. The van der Waals surface area contributed by atoms with Crippen molar-refractivity contribution in [1.82, 2.24) is 5.32 Å². The average molecular weight is 363 g/mol. The number of carbonyl (C=O) groups is 1. The van der Waals surface area contributed by atoms with E-state index in [9.17, 15) is 14.3 Å². The predicted octanol–water partition coefficient (Wildman–Crippen LogP) is 2.46. The molecule has 0 heterocycles. The van der Waals surface area contributed by atoms with Crippen molar-refractivity contribution >= 4 is 28.5 Å². The Kier molecular flexibility index (Phi) is 4.55. The third-order valence-electron chi connectivity index (χ3n) is 3.16. The summed E-state index contributed by atoms with van der Waals surface area (Å²) in [6, 6.07) is 4.13. The van der Waals surface area contributed by atoms with E-state index in [1.54, 1.807) is 0 Å². The fourth-order valence-electron chi connectivity index (χ4n) is 2.23. The average Bonchev–Trinajstić information content (AvgIpc) is 2.28. The number of hydrogen-bond donors (Lipinski definition) is 2. The zero-order valence-corrected chi connectivity index (χ0v) is 12.0. The lowest BCUT2D eigenvalue weighted by atomic mass is 9.93. The summed E-state index contributed by atoms with van der Waals surface area (Å²) in [5, 5.41) is 12.5. The van der Waals surface area contributed by atoms with Crippen LogP contribution in [0.5, 0.6) is 0 Å². The Morgan fingerprint density at radius 3 is 2.89 bits per heavy atom. The zero-order chi connectivity index (χ0) is 13.1. The van der Waals surface area contributed by atoms with E-state index >= 15 is 0 Å². The first-order chi connectivity index (χ1) is 8.56. The molecule has 1 aromatic rings. The summed E-state index contributed by atoms with van der Waals surface area (Å²) >= 11 is 1.95. The Bertz CT molecular complexity index is 453. The van der Waals surface area contributed by atoms with Gasteiger partial charge < -0.3 is 10.4 Å². The van der Waals surface area contributed by atoms with Gasteiger partial charge in [0.2, 0.25) is 0 Å². The summed E-state index contributed by atoms with van der Waals surface area (Å²) in [6.45, 7) is 0. The number of hydrogen-bond acceptors (Lipinski definition) is 2. The third kappa shape index (κ3) is 3.41. The number of carbonyl (C=O) groups excluding carboxylic acids is 1. The molecule has 1 saturated carbocycles. The van der Waals surface area contributed by atoms with Crippen molar-refractivity contribution in [3.8, 4) is 0 Å². The highest BCUT2D eigenvalue weighted by molar-refractivity contribution is 14.1. The van der Waals surface area contributed by atoms with E-state index in [-0.39, 0.29) is 23.9 Å². The molecule has 18 heavy (non-hydrogen) atoms. The largest absolute Gasteiger partial charge is 0.393 e. The van der Waals surface area contributed by atoms with Gasteiger partial charge in [-0.05, 0) is 66.5 Å². The molecule has 1 amide bonds. The molecule has 2 unspecified atom stereocenters. The Hall–Kier alpha value is -0.690. The van der Waals surface area contributed by atoms with Crippen molar-refractivity contribution in [2.24, 2.45) is 0 Å². The van der Waals surface area contributed by atoms with Crippen LogP contribution < -0.4 is 5.32 Å². The highest BCUT2D eigenvalue weighted by Crippen LogP contribution is 2.20. The van der Waals surface area contributed by atoms with E-state index < -0.39 is 0 Å². The van der Waals surface area contributed by atoms with Crippen molar-refractivity contribution in [2.45, 2.75) is 37.8 Å². The maximum Gasteiger partial charge on any atom is 0.252 e. The second-order valence-corrected chi connectivity index (χ2v) is 5.78. The number of benzene rings is 1. The van der Waals surface area contributed by atoms with Gasteiger partial charge in [0.05, 0.1) is 11.7 Å². The van der Waals surface area contributed by atoms with Crippen LogP contribution in [0.3, 0.4) is 0 Å². The highest BCUT2D eigenvalue weighted by Gasteiger charge is 2.22. The molecular formula is C13H15FINO2. The second kappa shape index (κ2) is 5.97. The molecular weight excluding hydrogens is 348 g/mol. The van der Waals surface area contributed by atoms with Crippen LogP contribution in [-0.2, 0) is 0 Å². The predicted molar refractivity (Wildman–Crippen MR) is 74.8 cm³/mol. The minimum atomic E-state index is -0.343. The molecule has 2 atom stereocenters. The summed E-state index contributed by atoms with van der Waals surface area (Å²) in [7, 11) is 0. The minimum Gasteiger partial charge on any atom is -0.393 e. The molecule has 98 valence electrons. The number of aliphatic hydroxyl groups excluding tert-OH is 1. The molecule has 0 aliphatic heterocycles. The Morgan fingerprint density at radius 1 is 1.44 bits per heavy atom. The monoisotopic (exact) mass is 363 g/mol. The third-order valence-corrected chi connectivity index (χ3v) is 4.05. The molecule has 1 aliphatic carbocycles. The maximum absolute atomic E-state index is 13.0. The molecule has 0 radical (unpaired) electrons. The molecule has 0 aromatic heterocycles. The van der Waals surface area contributed by atoms with E-state index in [0.717, 1.165) is 19.3 Å². The number of rotatable bonds is 2. The van der Waals surface area contributed by atoms with Crippen LogP contribution in [0.1, 0.15) is 36.0 Å². The molecule has 1 aliphatic rings. The summed E-state index contributed by atoms with van der Waals surface area (Å²) in [5.41, 5.74) is 0.483. The van der Waals surface area contributed by atoms with E-state index in [4.69, 9.17) is 0 Å². The van der Waals surface area contributed by atoms with Crippen LogP contribution in [0, 0.1) is 9.39 Å². The SMILES string of the molecule is O=C(NC1CCCC(O)C1)c1ccc(F)cc1I. The van der Waals surface area contributed by atoms with Gasteiger partial charge in [0.15, 0.2) is 0 Å². The number of amides is 1.